The van der Waals surface area contributed by atoms with Crippen LogP contribution in [0.1, 0.15) is 30.6 Å². The molecular formula is C20H16F6O3S2. The molecule has 3 rings (SSSR count). The number of carbonyl (C=O) groups excluding carboxylic acids is 1. The molecule has 0 saturated carbocycles. The lowest BCUT2D eigenvalue weighted by Crippen LogP contribution is -2.48. The van der Waals surface area contributed by atoms with E-state index in [2.05, 4.69) is 6.58 Å². The SMILES string of the molecule is C=CC(=O)OCc1cc(C2=C(c3cc(CO)sc3C)C(F)(F)C(F)(F)C2(F)F)c(C)s1. The van der Waals surface area contributed by atoms with Gasteiger partial charge in [-0.3, -0.25) is 0 Å². The van der Waals surface area contributed by atoms with Crippen LogP contribution in [-0.2, 0) is 22.7 Å². The summed E-state index contributed by atoms with van der Waals surface area (Å²) >= 11 is 1.71. The second-order valence-corrected chi connectivity index (χ2v) is 9.49. The van der Waals surface area contributed by atoms with Crippen molar-refractivity contribution < 1.29 is 41.0 Å². The van der Waals surface area contributed by atoms with E-state index in [1.165, 1.54) is 13.8 Å². The van der Waals surface area contributed by atoms with Gasteiger partial charge in [0.05, 0.1) is 6.61 Å². The summed E-state index contributed by atoms with van der Waals surface area (Å²) in [6.45, 7) is 4.95. The molecule has 0 fully saturated rings. The van der Waals surface area contributed by atoms with E-state index in [1.807, 2.05) is 0 Å². The fourth-order valence-corrected chi connectivity index (χ4v) is 5.23. The second-order valence-electron chi connectivity index (χ2n) is 6.81. The fraction of sp³-hybridized carbons (Fsp3) is 0.350. The molecule has 0 aliphatic heterocycles. The molecule has 2 aromatic rings. The number of carbonyl (C=O) groups is 1. The summed E-state index contributed by atoms with van der Waals surface area (Å²) in [4.78, 5) is 11.8. The Morgan fingerprint density at radius 3 is 1.87 bits per heavy atom. The summed E-state index contributed by atoms with van der Waals surface area (Å²) in [5, 5.41) is 9.27. The minimum Gasteiger partial charge on any atom is -0.457 e. The molecule has 0 atom stereocenters. The Balaban J connectivity index is 2.26. The Morgan fingerprint density at radius 2 is 1.45 bits per heavy atom. The van der Waals surface area contributed by atoms with Gasteiger partial charge < -0.3 is 9.84 Å². The summed E-state index contributed by atoms with van der Waals surface area (Å²) < 4.78 is 92.9. The molecule has 1 aliphatic carbocycles. The van der Waals surface area contributed by atoms with E-state index >= 15 is 0 Å². The molecule has 31 heavy (non-hydrogen) atoms. The number of aryl methyl sites for hydroxylation is 2. The Bertz CT molecular complexity index is 1080. The van der Waals surface area contributed by atoms with Crippen molar-refractivity contribution in [3.63, 3.8) is 0 Å². The van der Waals surface area contributed by atoms with E-state index in [4.69, 9.17) is 4.74 Å². The van der Waals surface area contributed by atoms with Crippen molar-refractivity contribution in [1.29, 1.82) is 0 Å². The number of esters is 1. The molecule has 0 bridgehead atoms. The molecule has 0 saturated heterocycles. The van der Waals surface area contributed by atoms with Crippen LogP contribution in [0, 0.1) is 13.8 Å². The number of ether oxygens (including phenoxy) is 1. The number of aliphatic hydroxyl groups excluding tert-OH is 1. The predicted octanol–water partition coefficient (Wildman–Crippen LogP) is 5.98. The van der Waals surface area contributed by atoms with Crippen molar-refractivity contribution in [2.45, 2.75) is 44.8 Å². The van der Waals surface area contributed by atoms with Crippen LogP contribution < -0.4 is 0 Å². The van der Waals surface area contributed by atoms with Crippen LogP contribution in [0.2, 0.25) is 0 Å². The number of rotatable bonds is 6. The van der Waals surface area contributed by atoms with Crippen LogP contribution in [0.15, 0.2) is 24.8 Å². The Hall–Kier alpha value is -2.11. The van der Waals surface area contributed by atoms with Crippen LogP contribution in [-0.4, -0.2) is 28.8 Å². The molecule has 0 aromatic carbocycles. The van der Waals surface area contributed by atoms with Crippen LogP contribution in [0.3, 0.4) is 0 Å². The number of alkyl halides is 6. The fourth-order valence-electron chi connectivity index (χ4n) is 3.37. The van der Waals surface area contributed by atoms with Gasteiger partial charge in [0, 0.05) is 36.7 Å². The van der Waals surface area contributed by atoms with Gasteiger partial charge in [0.15, 0.2) is 0 Å². The molecular weight excluding hydrogens is 466 g/mol. The highest BCUT2D eigenvalue weighted by atomic mass is 32.1. The number of aliphatic hydroxyl groups is 1. The normalized spacial score (nSPS) is 19.0. The Labute approximate surface area is 181 Å². The van der Waals surface area contributed by atoms with E-state index in [-0.39, 0.29) is 26.1 Å². The maximum Gasteiger partial charge on any atom is 0.380 e. The van der Waals surface area contributed by atoms with Crippen molar-refractivity contribution in [1.82, 2.24) is 0 Å². The maximum absolute atomic E-state index is 14.9. The smallest absolute Gasteiger partial charge is 0.380 e. The summed E-state index contributed by atoms with van der Waals surface area (Å²) in [5.74, 6) is -16.8. The second kappa shape index (κ2) is 7.79. The molecule has 168 valence electrons. The zero-order valence-corrected chi connectivity index (χ0v) is 17.8. The zero-order chi connectivity index (χ0) is 23.4. The van der Waals surface area contributed by atoms with Crippen LogP contribution in [0.25, 0.3) is 11.1 Å². The molecule has 1 aliphatic rings. The highest BCUT2D eigenvalue weighted by Gasteiger charge is 2.80. The third kappa shape index (κ3) is 3.52. The average molecular weight is 482 g/mol. The topological polar surface area (TPSA) is 46.5 Å². The van der Waals surface area contributed by atoms with Gasteiger partial charge in [-0.1, -0.05) is 6.58 Å². The van der Waals surface area contributed by atoms with Gasteiger partial charge >= 0.3 is 23.7 Å². The van der Waals surface area contributed by atoms with E-state index in [1.54, 1.807) is 0 Å². The average Bonchev–Trinajstić information content (AvgIpc) is 3.27. The number of halogens is 6. The standard InChI is InChI=1S/C20H16F6O3S2/c1-4-15(28)29-8-12-6-14(10(3)31-12)17-16(13-5-11(7-27)30-9(13)2)18(21,22)20(25,26)19(17,23)24/h4-6,27H,1,7-8H2,2-3H3. The number of allylic oxidation sites excluding steroid dienone is 2. The molecule has 0 radical (unpaired) electrons. The maximum atomic E-state index is 14.9. The molecule has 0 unspecified atom stereocenters. The lowest BCUT2D eigenvalue weighted by Gasteiger charge is -2.25. The van der Waals surface area contributed by atoms with Crippen molar-refractivity contribution >= 4 is 39.8 Å². The summed E-state index contributed by atoms with van der Waals surface area (Å²) in [7, 11) is 0. The Morgan fingerprint density at radius 1 is 1.00 bits per heavy atom. The van der Waals surface area contributed by atoms with Crippen molar-refractivity contribution in [3.8, 4) is 0 Å². The molecule has 11 heteroatoms. The van der Waals surface area contributed by atoms with Crippen LogP contribution in [0.4, 0.5) is 26.3 Å². The molecule has 3 nitrogen and oxygen atoms in total. The van der Waals surface area contributed by atoms with Crippen molar-refractivity contribution in [3.05, 3.63) is 55.4 Å². The first kappa shape index (κ1) is 23.6. The highest BCUT2D eigenvalue weighted by Crippen LogP contribution is 2.65. The lowest BCUT2D eigenvalue weighted by atomic mass is 9.95. The van der Waals surface area contributed by atoms with Gasteiger partial charge in [-0.25, -0.2) is 4.79 Å². The van der Waals surface area contributed by atoms with E-state index in [0.29, 0.717) is 0 Å². The Kier molecular flexibility index (Phi) is 5.92. The van der Waals surface area contributed by atoms with E-state index < -0.39 is 52.6 Å². The first-order valence-electron chi connectivity index (χ1n) is 8.77. The molecule has 2 aromatic heterocycles. The van der Waals surface area contributed by atoms with Crippen LogP contribution >= 0.6 is 22.7 Å². The minimum absolute atomic E-state index is 0.0839. The third-order valence-corrected chi connectivity index (χ3v) is 6.88. The number of hydrogen-bond donors (Lipinski definition) is 1. The van der Waals surface area contributed by atoms with Crippen LogP contribution in [0.5, 0.6) is 0 Å². The largest absolute Gasteiger partial charge is 0.457 e. The van der Waals surface area contributed by atoms with Gasteiger partial charge in [-0.15, -0.1) is 22.7 Å². The highest BCUT2D eigenvalue weighted by molar-refractivity contribution is 7.12. The molecule has 0 amide bonds. The lowest BCUT2D eigenvalue weighted by molar-refractivity contribution is -0.254. The predicted molar refractivity (Wildman–Crippen MR) is 106 cm³/mol. The summed E-state index contributed by atoms with van der Waals surface area (Å²) in [5.41, 5.74) is -3.87. The molecule has 2 heterocycles. The monoisotopic (exact) mass is 482 g/mol. The summed E-state index contributed by atoms with van der Waals surface area (Å²) in [6.07, 6.45) is 0.881. The van der Waals surface area contributed by atoms with Gasteiger partial charge in [0.2, 0.25) is 0 Å². The zero-order valence-electron chi connectivity index (χ0n) is 16.2. The van der Waals surface area contributed by atoms with Crippen molar-refractivity contribution in [2.75, 3.05) is 0 Å². The molecule has 1 N–H and O–H groups in total. The molecule has 0 spiro atoms. The minimum atomic E-state index is -5.66. The quantitative estimate of drug-likeness (QED) is 0.313. The summed E-state index contributed by atoms with van der Waals surface area (Å²) in [6, 6.07) is 2.07. The van der Waals surface area contributed by atoms with Gasteiger partial charge in [-0.05, 0) is 37.1 Å². The third-order valence-electron chi connectivity index (χ3n) is 4.82. The van der Waals surface area contributed by atoms with Gasteiger partial charge in [0.25, 0.3) is 0 Å². The van der Waals surface area contributed by atoms with E-state index in [9.17, 15) is 36.2 Å². The van der Waals surface area contributed by atoms with Crippen molar-refractivity contribution in [2.24, 2.45) is 0 Å². The van der Waals surface area contributed by atoms with E-state index in [0.717, 1.165) is 40.9 Å². The van der Waals surface area contributed by atoms with Gasteiger partial charge in [-0.2, -0.15) is 26.3 Å². The number of hydrogen-bond acceptors (Lipinski definition) is 5. The number of thiophene rings is 2. The first-order chi connectivity index (χ1) is 14.3. The van der Waals surface area contributed by atoms with Gasteiger partial charge in [0.1, 0.15) is 6.61 Å². The first-order valence-corrected chi connectivity index (χ1v) is 10.4.